The van der Waals surface area contributed by atoms with Gasteiger partial charge in [-0.2, -0.15) is 0 Å². The zero-order chi connectivity index (χ0) is 16.8. The first-order valence-corrected chi connectivity index (χ1v) is 8.55. The largest absolute Gasteiger partial charge is 0.444 e. The smallest absolute Gasteiger partial charge is 0.410 e. The molecule has 2 unspecified atom stereocenters. The normalized spacial score (nSPS) is 21.0. The number of amides is 1. The van der Waals surface area contributed by atoms with Crippen molar-refractivity contribution in [2.45, 2.75) is 65.5 Å². The number of nitrogens with one attached hydrogen (secondary N) is 1. The maximum atomic E-state index is 12.2. The lowest BCUT2D eigenvalue weighted by molar-refractivity contribution is 0.0164. The van der Waals surface area contributed by atoms with Gasteiger partial charge < -0.3 is 20.1 Å². The third-order valence-corrected chi connectivity index (χ3v) is 4.08. The second kappa shape index (κ2) is 8.73. The van der Waals surface area contributed by atoms with Gasteiger partial charge in [0.05, 0.1) is 0 Å². The molecule has 130 valence electrons. The van der Waals surface area contributed by atoms with E-state index in [2.05, 4.69) is 19.2 Å². The zero-order valence-corrected chi connectivity index (χ0v) is 14.9. The summed E-state index contributed by atoms with van der Waals surface area (Å²) in [5.41, 5.74) is -0.438. The zero-order valence-electron chi connectivity index (χ0n) is 14.9. The Morgan fingerprint density at radius 2 is 2.09 bits per heavy atom. The van der Waals surface area contributed by atoms with Gasteiger partial charge in [0.25, 0.3) is 0 Å². The summed E-state index contributed by atoms with van der Waals surface area (Å²) in [6.45, 7) is 12.7. The number of carbonyl (C=O) groups is 1. The minimum Gasteiger partial charge on any atom is -0.444 e. The molecule has 1 rings (SSSR count). The minimum absolute atomic E-state index is 0.201. The van der Waals surface area contributed by atoms with E-state index in [1.54, 1.807) is 0 Å². The van der Waals surface area contributed by atoms with Crippen LogP contribution in [0, 0.1) is 11.8 Å². The van der Waals surface area contributed by atoms with Crippen molar-refractivity contribution in [3.05, 3.63) is 0 Å². The van der Waals surface area contributed by atoms with Gasteiger partial charge in [-0.15, -0.1) is 0 Å². The van der Waals surface area contributed by atoms with Crippen LogP contribution in [0.4, 0.5) is 4.79 Å². The maximum absolute atomic E-state index is 12.2. The predicted octanol–water partition coefficient (Wildman–Crippen LogP) is 2.63. The summed E-state index contributed by atoms with van der Waals surface area (Å²) >= 11 is 0. The van der Waals surface area contributed by atoms with Gasteiger partial charge in [-0.1, -0.05) is 13.8 Å². The topological polar surface area (TPSA) is 61.8 Å². The number of piperidine rings is 1. The molecule has 5 heteroatoms. The summed E-state index contributed by atoms with van der Waals surface area (Å²) in [4.78, 5) is 14.0. The van der Waals surface area contributed by atoms with E-state index in [0.29, 0.717) is 17.9 Å². The van der Waals surface area contributed by atoms with E-state index in [1.165, 1.54) is 0 Å². The van der Waals surface area contributed by atoms with Crippen molar-refractivity contribution in [2.75, 3.05) is 26.2 Å². The average molecular weight is 314 g/mol. The van der Waals surface area contributed by atoms with E-state index in [-0.39, 0.29) is 12.7 Å². The third-order valence-electron chi connectivity index (χ3n) is 4.08. The number of rotatable bonds is 6. The van der Waals surface area contributed by atoms with Crippen molar-refractivity contribution in [2.24, 2.45) is 11.8 Å². The highest BCUT2D eigenvalue weighted by molar-refractivity contribution is 5.68. The quantitative estimate of drug-likeness (QED) is 0.791. The molecule has 0 radical (unpaired) electrons. The van der Waals surface area contributed by atoms with E-state index >= 15 is 0 Å². The van der Waals surface area contributed by atoms with E-state index in [1.807, 2.05) is 25.7 Å². The number of hydrogen-bond acceptors (Lipinski definition) is 4. The Hall–Kier alpha value is -0.810. The molecule has 2 N–H and O–H groups in total. The molecule has 0 aromatic carbocycles. The van der Waals surface area contributed by atoms with Gasteiger partial charge in [-0.05, 0) is 58.4 Å². The lowest BCUT2D eigenvalue weighted by Gasteiger charge is -2.35. The Labute approximate surface area is 135 Å². The molecule has 1 aliphatic rings. The number of aliphatic hydroxyl groups is 1. The number of carbonyl (C=O) groups excluding carboxylic acids is 1. The first-order chi connectivity index (χ1) is 10.2. The SMILES string of the molecule is CC(C)C(CCO)NCC1CCCN(C(=O)OC(C)(C)C)C1. The van der Waals surface area contributed by atoms with Gasteiger partial charge in [0.1, 0.15) is 5.60 Å². The van der Waals surface area contributed by atoms with Crippen LogP contribution in [-0.4, -0.2) is 54.0 Å². The van der Waals surface area contributed by atoms with Crippen LogP contribution in [0.5, 0.6) is 0 Å². The summed E-state index contributed by atoms with van der Waals surface area (Å²) < 4.78 is 5.46. The number of aliphatic hydroxyl groups excluding tert-OH is 1. The van der Waals surface area contributed by atoms with Gasteiger partial charge in [-0.25, -0.2) is 4.79 Å². The van der Waals surface area contributed by atoms with Crippen molar-refractivity contribution in [1.29, 1.82) is 0 Å². The lowest BCUT2D eigenvalue weighted by Crippen LogP contribution is -2.46. The molecule has 2 atom stereocenters. The van der Waals surface area contributed by atoms with Crippen molar-refractivity contribution in [3.63, 3.8) is 0 Å². The summed E-state index contributed by atoms with van der Waals surface area (Å²) in [7, 11) is 0. The third kappa shape index (κ3) is 6.97. The Morgan fingerprint density at radius 1 is 1.41 bits per heavy atom. The van der Waals surface area contributed by atoms with Crippen molar-refractivity contribution >= 4 is 6.09 Å². The number of likely N-dealkylation sites (tertiary alicyclic amines) is 1. The van der Waals surface area contributed by atoms with Crippen molar-refractivity contribution in [3.8, 4) is 0 Å². The molecule has 0 aromatic rings. The molecule has 1 aliphatic heterocycles. The molecule has 0 aliphatic carbocycles. The molecule has 22 heavy (non-hydrogen) atoms. The Balaban J connectivity index is 2.44. The van der Waals surface area contributed by atoms with Gasteiger partial charge in [-0.3, -0.25) is 0 Å². The van der Waals surface area contributed by atoms with Crippen LogP contribution in [0.25, 0.3) is 0 Å². The highest BCUT2D eigenvalue weighted by atomic mass is 16.6. The van der Waals surface area contributed by atoms with Gasteiger partial charge >= 0.3 is 6.09 Å². The monoisotopic (exact) mass is 314 g/mol. The van der Waals surface area contributed by atoms with Crippen LogP contribution in [0.15, 0.2) is 0 Å². The summed E-state index contributed by atoms with van der Waals surface area (Å²) in [6.07, 6.45) is 2.74. The predicted molar refractivity (Wildman–Crippen MR) is 88.9 cm³/mol. The molecule has 1 saturated heterocycles. The van der Waals surface area contributed by atoms with Crippen LogP contribution in [0.3, 0.4) is 0 Å². The highest BCUT2D eigenvalue weighted by Crippen LogP contribution is 2.19. The second-order valence-corrected chi connectivity index (χ2v) is 7.71. The number of ether oxygens (including phenoxy) is 1. The van der Waals surface area contributed by atoms with Crippen LogP contribution >= 0.6 is 0 Å². The molecule has 1 heterocycles. The van der Waals surface area contributed by atoms with Gasteiger partial charge in [0.15, 0.2) is 0 Å². The van der Waals surface area contributed by atoms with E-state index < -0.39 is 5.60 Å². The summed E-state index contributed by atoms with van der Waals surface area (Å²) in [6, 6.07) is 0.335. The second-order valence-electron chi connectivity index (χ2n) is 7.71. The molecule has 5 nitrogen and oxygen atoms in total. The molecule has 0 spiro atoms. The van der Waals surface area contributed by atoms with Crippen LogP contribution < -0.4 is 5.32 Å². The van der Waals surface area contributed by atoms with Crippen LogP contribution in [0.2, 0.25) is 0 Å². The van der Waals surface area contributed by atoms with E-state index in [9.17, 15) is 4.79 Å². The minimum atomic E-state index is -0.438. The van der Waals surface area contributed by atoms with E-state index in [4.69, 9.17) is 9.84 Å². The Bertz CT molecular complexity index is 339. The fourth-order valence-electron chi connectivity index (χ4n) is 2.85. The Morgan fingerprint density at radius 3 is 2.64 bits per heavy atom. The fourth-order valence-corrected chi connectivity index (χ4v) is 2.85. The number of nitrogens with zero attached hydrogens (tertiary/aromatic N) is 1. The molecule has 1 amide bonds. The Kier molecular flexibility index (Phi) is 7.63. The van der Waals surface area contributed by atoms with Crippen LogP contribution in [0.1, 0.15) is 53.9 Å². The van der Waals surface area contributed by atoms with E-state index in [0.717, 1.165) is 38.9 Å². The highest BCUT2D eigenvalue weighted by Gasteiger charge is 2.28. The fraction of sp³-hybridized carbons (Fsp3) is 0.941. The summed E-state index contributed by atoms with van der Waals surface area (Å²) in [5, 5.41) is 12.7. The summed E-state index contributed by atoms with van der Waals surface area (Å²) in [5.74, 6) is 0.957. The first-order valence-electron chi connectivity index (χ1n) is 8.55. The molecule has 0 bridgehead atoms. The molecule has 0 aromatic heterocycles. The number of hydrogen-bond donors (Lipinski definition) is 2. The molecule has 0 saturated carbocycles. The average Bonchev–Trinajstić information content (AvgIpc) is 2.41. The van der Waals surface area contributed by atoms with Crippen LogP contribution in [-0.2, 0) is 4.74 Å². The molecular weight excluding hydrogens is 280 g/mol. The lowest BCUT2D eigenvalue weighted by atomic mass is 9.96. The maximum Gasteiger partial charge on any atom is 0.410 e. The van der Waals surface area contributed by atoms with Crippen molar-refractivity contribution < 1.29 is 14.6 Å². The standard InChI is InChI=1S/C17H34N2O3/c1-13(2)15(8-10-20)18-11-14-7-6-9-19(12-14)16(21)22-17(3,4)5/h13-15,18,20H,6-12H2,1-5H3. The van der Waals surface area contributed by atoms with Crippen molar-refractivity contribution in [1.82, 2.24) is 10.2 Å². The first kappa shape index (κ1) is 19.2. The molecular formula is C17H34N2O3. The van der Waals surface area contributed by atoms with Gasteiger partial charge in [0, 0.05) is 25.7 Å². The van der Waals surface area contributed by atoms with Gasteiger partial charge in [0.2, 0.25) is 0 Å². The molecule has 1 fully saturated rings.